The molecule has 0 aliphatic heterocycles. The zero-order valence-electron chi connectivity index (χ0n) is 7.89. The van der Waals surface area contributed by atoms with Crippen LogP contribution in [-0.4, -0.2) is 24.0 Å². The van der Waals surface area contributed by atoms with Gasteiger partial charge in [0, 0.05) is 6.54 Å². The van der Waals surface area contributed by atoms with E-state index in [0.29, 0.717) is 0 Å². The molecule has 0 N–H and O–H groups in total. The lowest BCUT2D eigenvalue weighted by molar-refractivity contribution is 0.237. The molecule has 0 unspecified atom stereocenters. The quantitative estimate of drug-likeness (QED) is 0.440. The van der Waals surface area contributed by atoms with E-state index in [1.54, 1.807) is 0 Å². The van der Waals surface area contributed by atoms with Gasteiger partial charge in [0.1, 0.15) is 0 Å². The molecule has 0 radical (unpaired) electrons. The Morgan fingerprint density at radius 3 is 2.45 bits per heavy atom. The van der Waals surface area contributed by atoms with Crippen LogP contribution in [-0.2, 0) is 0 Å². The predicted molar refractivity (Wildman–Crippen MR) is 50.4 cm³/mol. The first-order valence-electron chi connectivity index (χ1n) is 3.84. The van der Waals surface area contributed by atoms with Crippen molar-refractivity contribution in [1.29, 1.82) is 0 Å². The van der Waals surface area contributed by atoms with Gasteiger partial charge in [-0.05, 0) is 27.8 Å². The fourth-order valence-electron chi connectivity index (χ4n) is 0.602. The van der Waals surface area contributed by atoms with Gasteiger partial charge in [0.25, 0.3) is 0 Å². The lowest BCUT2D eigenvalue weighted by Gasteiger charge is -2.29. The summed E-state index contributed by atoms with van der Waals surface area (Å²) in [5, 5.41) is 0. The van der Waals surface area contributed by atoms with Crippen LogP contribution in [0.2, 0.25) is 0 Å². The normalized spacial score (nSPS) is 12.4. The highest BCUT2D eigenvalue weighted by Gasteiger charge is 2.18. The zero-order chi connectivity index (χ0) is 8.91. The highest BCUT2D eigenvalue weighted by Crippen LogP contribution is 2.09. The van der Waals surface area contributed by atoms with Crippen molar-refractivity contribution in [3.63, 3.8) is 0 Å². The average Bonchev–Trinajstić information content (AvgIpc) is 2.00. The van der Waals surface area contributed by atoms with E-state index in [9.17, 15) is 0 Å². The monoisotopic (exact) mass is 151 g/mol. The number of nitrogens with zero attached hydrogens (tertiary/aromatic N) is 1. The highest BCUT2D eigenvalue weighted by atomic mass is 15.1. The van der Waals surface area contributed by atoms with Gasteiger partial charge in [-0.2, -0.15) is 0 Å². The number of rotatable bonds is 3. The third kappa shape index (κ3) is 3.25. The number of allylic oxidation sites excluding steroid dienone is 1. The van der Waals surface area contributed by atoms with Gasteiger partial charge in [-0.3, -0.25) is 4.90 Å². The number of terminal acetylenes is 1. The van der Waals surface area contributed by atoms with Crippen molar-refractivity contribution in [1.82, 2.24) is 4.90 Å². The Bertz CT molecular complexity index is 172. The second-order valence-electron chi connectivity index (χ2n) is 3.15. The minimum Gasteiger partial charge on any atom is -0.287 e. The van der Waals surface area contributed by atoms with Crippen molar-refractivity contribution in [3.8, 4) is 12.3 Å². The summed E-state index contributed by atoms with van der Waals surface area (Å²) in [6.45, 7) is 7.00. The largest absolute Gasteiger partial charge is 0.287 e. The van der Waals surface area contributed by atoms with Crippen LogP contribution in [0.1, 0.15) is 20.8 Å². The standard InChI is InChI=1S/C10H17N/c1-6-8-9-11(5)10(3,4)7-2/h2,6,8H,9H2,1,3-5H3/b8-6+. The van der Waals surface area contributed by atoms with Crippen LogP contribution in [0.25, 0.3) is 0 Å². The van der Waals surface area contributed by atoms with Crippen LogP contribution in [0.5, 0.6) is 0 Å². The molecular weight excluding hydrogens is 134 g/mol. The van der Waals surface area contributed by atoms with E-state index >= 15 is 0 Å². The molecule has 0 atom stereocenters. The van der Waals surface area contributed by atoms with Gasteiger partial charge < -0.3 is 0 Å². The summed E-state index contributed by atoms with van der Waals surface area (Å²) in [7, 11) is 2.03. The van der Waals surface area contributed by atoms with Crippen molar-refractivity contribution in [2.45, 2.75) is 26.3 Å². The summed E-state index contributed by atoms with van der Waals surface area (Å²) in [6.07, 6.45) is 9.49. The molecule has 1 heteroatoms. The summed E-state index contributed by atoms with van der Waals surface area (Å²) in [4.78, 5) is 2.13. The molecule has 0 aromatic heterocycles. The predicted octanol–water partition coefficient (Wildman–Crippen LogP) is 1.91. The number of hydrogen-bond donors (Lipinski definition) is 0. The second-order valence-corrected chi connectivity index (χ2v) is 3.15. The molecule has 0 saturated heterocycles. The van der Waals surface area contributed by atoms with Crippen LogP contribution in [0.3, 0.4) is 0 Å². The van der Waals surface area contributed by atoms with E-state index in [1.165, 1.54) is 0 Å². The molecule has 1 nitrogen and oxygen atoms in total. The minimum absolute atomic E-state index is 0.139. The van der Waals surface area contributed by atoms with Crippen LogP contribution in [0.4, 0.5) is 0 Å². The van der Waals surface area contributed by atoms with Crippen molar-refractivity contribution in [2.75, 3.05) is 13.6 Å². The summed E-state index contributed by atoms with van der Waals surface area (Å²) < 4.78 is 0. The molecule has 0 aromatic carbocycles. The molecule has 0 amide bonds. The first-order chi connectivity index (χ1) is 5.04. The van der Waals surface area contributed by atoms with Crippen molar-refractivity contribution in [3.05, 3.63) is 12.2 Å². The first kappa shape index (κ1) is 10.3. The summed E-state index contributed by atoms with van der Waals surface area (Å²) in [6, 6.07) is 0. The fraction of sp³-hybridized carbons (Fsp3) is 0.600. The van der Waals surface area contributed by atoms with Gasteiger partial charge in [0.15, 0.2) is 0 Å². The number of hydrogen-bond acceptors (Lipinski definition) is 1. The van der Waals surface area contributed by atoms with Crippen LogP contribution < -0.4 is 0 Å². The molecule has 0 aliphatic rings. The van der Waals surface area contributed by atoms with E-state index in [2.05, 4.69) is 16.9 Å². The van der Waals surface area contributed by atoms with Crippen LogP contribution in [0.15, 0.2) is 12.2 Å². The average molecular weight is 151 g/mol. The lowest BCUT2D eigenvalue weighted by Crippen LogP contribution is -2.39. The summed E-state index contributed by atoms with van der Waals surface area (Å²) in [5.41, 5.74) is -0.139. The van der Waals surface area contributed by atoms with Crippen LogP contribution in [0, 0.1) is 12.3 Å². The summed E-state index contributed by atoms with van der Waals surface area (Å²) in [5.74, 6) is 2.74. The Morgan fingerprint density at radius 1 is 1.55 bits per heavy atom. The van der Waals surface area contributed by atoms with Gasteiger partial charge in [-0.15, -0.1) is 6.42 Å². The third-order valence-electron chi connectivity index (χ3n) is 1.92. The van der Waals surface area contributed by atoms with Gasteiger partial charge in [-0.25, -0.2) is 0 Å². The summed E-state index contributed by atoms with van der Waals surface area (Å²) >= 11 is 0. The zero-order valence-corrected chi connectivity index (χ0v) is 7.89. The van der Waals surface area contributed by atoms with Gasteiger partial charge in [0.05, 0.1) is 5.54 Å². The maximum Gasteiger partial charge on any atom is 0.0766 e. The Balaban J connectivity index is 4.04. The molecule has 0 aromatic rings. The fourth-order valence-corrected chi connectivity index (χ4v) is 0.602. The van der Waals surface area contributed by atoms with Crippen LogP contribution >= 0.6 is 0 Å². The van der Waals surface area contributed by atoms with Crippen molar-refractivity contribution >= 4 is 0 Å². The Labute approximate surface area is 70.1 Å². The van der Waals surface area contributed by atoms with E-state index < -0.39 is 0 Å². The van der Waals surface area contributed by atoms with Crippen molar-refractivity contribution < 1.29 is 0 Å². The first-order valence-corrected chi connectivity index (χ1v) is 3.84. The second kappa shape index (κ2) is 4.20. The molecule has 0 spiro atoms. The SMILES string of the molecule is C#CC(C)(C)N(C)C/C=C/C. The maximum atomic E-state index is 5.36. The highest BCUT2D eigenvalue weighted by molar-refractivity contribution is 5.08. The molecule has 0 fully saturated rings. The minimum atomic E-state index is -0.139. The smallest absolute Gasteiger partial charge is 0.0766 e. The molecular formula is C10H17N. The third-order valence-corrected chi connectivity index (χ3v) is 1.92. The Hall–Kier alpha value is -0.740. The molecule has 0 aliphatic carbocycles. The van der Waals surface area contributed by atoms with Gasteiger partial charge in [0.2, 0.25) is 0 Å². The Morgan fingerprint density at radius 2 is 2.09 bits per heavy atom. The van der Waals surface area contributed by atoms with Crippen molar-refractivity contribution in [2.24, 2.45) is 0 Å². The Kier molecular flexibility index (Phi) is 3.92. The molecule has 0 rings (SSSR count). The molecule has 0 bridgehead atoms. The van der Waals surface area contributed by atoms with E-state index in [4.69, 9.17) is 6.42 Å². The van der Waals surface area contributed by atoms with Gasteiger partial charge >= 0.3 is 0 Å². The van der Waals surface area contributed by atoms with E-state index in [0.717, 1.165) is 6.54 Å². The maximum absolute atomic E-state index is 5.36. The van der Waals surface area contributed by atoms with E-state index in [-0.39, 0.29) is 5.54 Å². The topological polar surface area (TPSA) is 3.24 Å². The molecule has 0 heterocycles. The number of likely N-dealkylation sites (N-methyl/N-ethyl adjacent to an activating group) is 1. The molecule has 62 valence electrons. The van der Waals surface area contributed by atoms with Gasteiger partial charge in [-0.1, -0.05) is 18.1 Å². The lowest BCUT2D eigenvalue weighted by atomic mass is 10.1. The molecule has 0 saturated carbocycles. The van der Waals surface area contributed by atoms with E-state index in [1.807, 2.05) is 33.9 Å². The molecule has 11 heavy (non-hydrogen) atoms.